The van der Waals surface area contributed by atoms with Crippen LogP contribution in [0.4, 0.5) is 10.5 Å². The van der Waals surface area contributed by atoms with Gasteiger partial charge < -0.3 is 30.5 Å². The normalized spacial score (nSPS) is 12.8. The minimum atomic E-state index is -1.33. The zero-order chi connectivity index (χ0) is 30.9. The number of phenolic OH excluding ortho intramolecular Hbond substituents is 1. The molecule has 0 saturated carbocycles. The molecule has 3 aromatic carbocycles. The van der Waals surface area contributed by atoms with Crippen molar-refractivity contribution >= 4 is 34.4 Å². The Bertz CT molecular complexity index is 1380. The fourth-order valence-corrected chi connectivity index (χ4v) is 4.71. The number of carbonyl (C=O) groups excluding carboxylic acids is 3. The van der Waals surface area contributed by atoms with Crippen LogP contribution in [0.15, 0.2) is 60.7 Å². The number of aryl methyl sites for hydroxylation is 1. The second-order valence-electron chi connectivity index (χ2n) is 11.5. The van der Waals surface area contributed by atoms with Gasteiger partial charge in [0.2, 0.25) is 5.91 Å². The fourth-order valence-electron chi connectivity index (χ4n) is 4.71. The lowest BCUT2D eigenvalue weighted by Gasteiger charge is -2.34. The average molecular weight is 578 g/mol. The van der Waals surface area contributed by atoms with Gasteiger partial charge in [0.25, 0.3) is 5.91 Å². The molecule has 9 heteroatoms. The van der Waals surface area contributed by atoms with E-state index in [1.165, 1.54) is 11.0 Å². The van der Waals surface area contributed by atoms with E-state index in [2.05, 4.69) is 17.6 Å². The number of nitrogens with zero attached hydrogens (tertiary/aromatic N) is 1. The Morgan fingerprint density at radius 1 is 0.952 bits per heavy atom. The fraction of sp³-hybridized carbons (Fsp3) is 0.424. The molecule has 0 fully saturated rings. The molecule has 0 saturated heterocycles. The number of carbonyl (C=O) groups is 3. The van der Waals surface area contributed by atoms with E-state index in [1.54, 1.807) is 45.9 Å². The van der Waals surface area contributed by atoms with E-state index in [9.17, 15) is 24.6 Å². The molecule has 0 radical (unpaired) electrons. The second kappa shape index (κ2) is 14.7. The molecule has 0 aliphatic heterocycles. The van der Waals surface area contributed by atoms with Crippen molar-refractivity contribution in [2.75, 3.05) is 18.5 Å². The van der Waals surface area contributed by atoms with Crippen molar-refractivity contribution in [3.8, 4) is 5.75 Å². The quantitative estimate of drug-likeness (QED) is 0.201. The van der Waals surface area contributed by atoms with E-state index in [0.29, 0.717) is 23.2 Å². The summed E-state index contributed by atoms with van der Waals surface area (Å²) in [7, 11) is 0. The minimum absolute atomic E-state index is 0.0630. The number of aliphatic hydroxyl groups excluding tert-OH is 1. The highest BCUT2D eigenvalue weighted by molar-refractivity contribution is 6.00. The first-order valence-electron chi connectivity index (χ1n) is 14.4. The average Bonchev–Trinajstić information content (AvgIpc) is 2.93. The molecule has 3 aromatic rings. The number of hydrogen-bond donors (Lipinski definition) is 4. The summed E-state index contributed by atoms with van der Waals surface area (Å²) in [5.41, 5.74) is 0.781. The van der Waals surface area contributed by atoms with Crippen LogP contribution in [0, 0.1) is 6.92 Å². The number of ether oxygens (including phenoxy) is 1. The van der Waals surface area contributed by atoms with Crippen LogP contribution in [0.25, 0.3) is 10.8 Å². The third kappa shape index (κ3) is 8.94. The summed E-state index contributed by atoms with van der Waals surface area (Å²) in [6.45, 7) is 8.41. The van der Waals surface area contributed by atoms with Crippen LogP contribution >= 0.6 is 0 Å². The van der Waals surface area contributed by atoms with Gasteiger partial charge in [-0.1, -0.05) is 62.6 Å². The van der Waals surface area contributed by atoms with Gasteiger partial charge in [0, 0.05) is 12.2 Å². The highest BCUT2D eigenvalue weighted by Gasteiger charge is 2.36. The highest BCUT2D eigenvalue weighted by Crippen LogP contribution is 2.29. The van der Waals surface area contributed by atoms with E-state index in [4.69, 9.17) is 4.74 Å². The van der Waals surface area contributed by atoms with Crippen LogP contribution in [0.1, 0.15) is 70.5 Å². The molecule has 4 N–H and O–H groups in total. The van der Waals surface area contributed by atoms with E-state index >= 15 is 0 Å². The Morgan fingerprint density at radius 3 is 2.31 bits per heavy atom. The Labute approximate surface area is 247 Å². The monoisotopic (exact) mass is 577 g/mol. The largest absolute Gasteiger partial charge is 0.508 e. The number of aromatic hydroxyl groups is 1. The lowest BCUT2D eigenvalue weighted by molar-refractivity contribution is -0.141. The number of amides is 3. The van der Waals surface area contributed by atoms with Crippen molar-refractivity contribution < 1.29 is 29.3 Å². The van der Waals surface area contributed by atoms with Crippen molar-refractivity contribution in [2.24, 2.45) is 0 Å². The molecular weight excluding hydrogens is 534 g/mol. The molecule has 3 amide bonds. The maximum Gasteiger partial charge on any atom is 0.408 e. The molecule has 0 heterocycles. The first-order valence-corrected chi connectivity index (χ1v) is 14.4. The van der Waals surface area contributed by atoms with Gasteiger partial charge in [-0.25, -0.2) is 4.79 Å². The summed E-state index contributed by atoms with van der Waals surface area (Å²) in [5.74, 6) is -1.02. The maximum atomic E-state index is 14.1. The summed E-state index contributed by atoms with van der Waals surface area (Å²) in [5, 5.41) is 27.7. The molecular formula is C33H43N3O6. The van der Waals surface area contributed by atoms with Gasteiger partial charge in [0.1, 0.15) is 23.4 Å². The van der Waals surface area contributed by atoms with Crippen LogP contribution in [-0.4, -0.2) is 57.8 Å². The predicted molar refractivity (Wildman–Crippen MR) is 164 cm³/mol. The predicted octanol–water partition coefficient (Wildman–Crippen LogP) is 5.83. The van der Waals surface area contributed by atoms with E-state index in [1.807, 2.05) is 36.4 Å². The van der Waals surface area contributed by atoms with Crippen molar-refractivity contribution in [1.29, 1.82) is 0 Å². The number of unbranched alkanes of at least 4 members (excludes halogenated alkanes) is 3. The van der Waals surface area contributed by atoms with Crippen LogP contribution in [-0.2, 0) is 14.3 Å². The van der Waals surface area contributed by atoms with E-state index in [-0.39, 0.29) is 12.3 Å². The Kier molecular flexibility index (Phi) is 11.3. The van der Waals surface area contributed by atoms with Gasteiger partial charge in [0.05, 0.1) is 6.61 Å². The Balaban J connectivity index is 2.02. The van der Waals surface area contributed by atoms with Gasteiger partial charge in [-0.15, -0.1) is 0 Å². The highest BCUT2D eigenvalue weighted by atomic mass is 16.6. The lowest BCUT2D eigenvalue weighted by Crippen LogP contribution is -2.54. The topological polar surface area (TPSA) is 128 Å². The Hall–Kier alpha value is -4.11. The lowest BCUT2D eigenvalue weighted by atomic mass is 9.99. The minimum Gasteiger partial charge on any atom is -0.508 e. The first kappa shape index (κ1) is 32.4. The number of phenols is 1. The SMILES string of the molecule is CCCCCCN(C(=O)C(CO)NC(=O)OC(C)(C)C)C(C(=O)Nc1ccc2ccccc2c1)c1ccc(O)c(C)c1. The molecule has 226 valence electrons. The molecule has 9 nitrogen and oxygen atoms in total. The molecule has 0 aliphatic rings. The van der Waals surface area contributed by atoms with Crippen LogP contribution in [0.5, 0.6) is 5.75 Å². The third-order valence-corrected chi connectivity index (χ3v) is 6.82. The number of benzene rings is 3. The summed E-state index contributed by atoms with van der Waals surface area (Å²) >= 11 is 0. The summed E-state index contributed by atoms with van der Waals surface area (Å²) < 4.78 is 5.31. The van der Waals surface area contributed by atoms with E-state index in [0.717, 1.165) is 30.0 Å². The van der Waals surface area contributed by atoms with Gasteiger partial charge >= 0.3 is 6.09 Å². The standard InChI is InChI=1S/C33H43N3O6/c1-6-7-8-11-18-36(31(40)27(21-37)35-32(41)42-33(3,4)5)29(25-15-17-28(38)22(2)19-25)30(39)34-26-16-14-23-12-9-10-13-24(23)20-26/h9-10,12-17,19-20,27,29,37-38H,6-8,11,18,21H2,1-5H3,(H,34,39)(H,35,41). The van der Waals surface area contributed by atoms with Crippen LogP contribution in [0.3, 0.4) is 0 Å². The van der Waals surface area contributed by atoms with Crippen molar-refractivity contribution in [1.82, 2.24) is 10.2 Å². The number of alkyl carbamates (subject to hydrolysis) is 1. The van der Waals surface area contributed by atoms with Crippen molar-refractivity contribution in [3.05, 3.63) is 71.8 Å². The number of nitrogens with one attached hydrogen (secondary N) is 2. The second-order valence-corrected chi connectivity index (χ2v) is 11.5. The summed E-state index contributed by atoms with van der Waals surface area (Å²) in [6.07, 6.45) is 2.53. The zero-order valence-electron chi connectivity index (χ0n) is 25.1. The zero-order valence-corrected chi connectivity index (χ0v) is 25.1. The summed E-state index contributed by atoms with van der Waals surface area (Å²) in [4.78, 5) is 42.0. The number of anilines is 1. The van der Waals surface area contributed by atoms with Crippen molar-refractivity contribution in [2.45, 2.75) is 78.0 Å². The van der Waals surface area contributed by atoms with Crippen LogP contribution < -0.4 is 10.6 Å². The number of fused-ring (bicyclic) bond motifs is 1. The maximum absolute atomic E-state index is 14.1. The van der Waals surface area contributed by atoms with Gasteiger partial charge in [0.15, 0.2) is 0 Å². The molecule has 0 spiro atoms. The molecule has 0 bridgehead atoms. The van der Waals surface area contributed by atoms with Gasteiger partial charge in [-0.05, 0) is 80.3 Å². The molecule has 2 atom stereocenters. The van der Waals surface area contributed by atoms with E-state index < -0.39 is 42.2 Å². The number of hydrogen-bond acceptors (Lipinski definition) is 6. The van der Waals surface area contributed by atoms with Gasteiger partial charge in [-0.2, -0.15) is 0 Å². The molecule has 0 aliphatic carbocycles. The molecule has 2 unspecified atom stereocenters. The number of aliphatic hydroxyl groups is 1. The molecule has 0 aromatic heterocycles. The molecule has 42 heavy (non-hydrogen) atoms. The van der Waals surface area contributed by atoms with Crippen molar-refractivity contribution in [3.63, 3.8) is 0 Å². The Morgan fingerprint density at radius 2 is 1.67 bits per heavy atom. The smallest absolute Gasteiger partial charge is 0.408 e. The number of rotatable bonds is 12. The molecule has 3 rings (SSSR count). The van der Waals surface area contributed by atoms with Gasteiger partial charge in [-0.3, -0.25) is 9.59 Å². The third-order valence-electron chi connectivity index (χ3n) is 6.82. The van der Waals surface area contributed by atoms with Crippen LogP contribution in [0.2, 0.25) is 0 Å². The first-order chi connectivity index (χ1) is 19.9. The summed E-state index contributed by atoms with van der Waals surface area (Å²) in [6, 6.07) is 15.7.